The van der Waals surface area contributed by atoms with Gasteiger partial charge in [-0.25, -0.2) is 14.2 Å². The Labute approximate surface area is 253 Å². The van der Waals surface area contributed by atoms with Crippen molar-refractivity contribution in [2.75, 3.05) is 10.2 Å². The molecule has 0 spiro atoms. The minimum Gasteiger partial charge on any atom is -0.478 e. The molecule has 2 N–H and O–H groups in total. The summed E-state index contributed by atoms with van der Waals surface area (Å²) >= 11 is 0. The van der Waals surface area contributed by atoms with Gasteiger partial charge in [-0.05, 0) is 83.1 Å². The van der Waals surface area contributed by atoms with Crippen LogP contribution in [0.4, 0.5) is 28.9 Å². The molecule has 4 rings (SSSR count). The van der Waals surface area contributed by atoms with E-state index in [-0.39, 0.29) is 29.6 Å². The van der Waals surface area contributed by atoms with Gasteiger partial charge in [-0.2, -0.15) is 13.2 Å². The Kier molecular flexibility index (Phi) is 9.80. The molecule has 1 aliphatic rings. The van der Waals surface area contributed by atoms with Crippen LogP contribution >= 0.6 is 0 Å². The molecule has 0 atom stereocenters. The number of nitrogens with zero attached hydrogens (tertiary/aromatic N) is 3. The SMILES string of the molecule is Cc1ccc(NCc2cnc(Oc3cc(C(=O)O)c(N(C(=O)C4CCC(C)CC4)C(C)C)cc3F)c(C(F)(F)F)c2)c(C)n1. The van der Waals surface area contributed by atoms with E-state index in [2.05, 4.69) is 22.2 Å². The van der Waals surface area contributed by atoms with Crippen molar-refractivity contribution in [3.63, 3.8) is 0 Å². The van der Waals surface area contributed by atoms with Crippen molar-refractivity contribution in [3.8, 4) is 11.6 Å². The number of nitrogens with one attached hydrogen (secondary N) is 1. The number of hydrogen-bond donors (Lipinski definition) is 2. The first-order valence-corrected chi connectivity index (χ1v) is 14.5. The molecule has 0 aliphatic heterocycles. The molecule has 12 heteroatoms. The number of carbonyl (C=O) groups excluding carboxylic acids is 1. The number of carboxylic acids is 1. The van der Waals surface area contributed by atoms with E-state index in [9.17, 15) is 27.9 Å². The number of benzene rings is 1. The summed E-state index contributed by atoms with van der Waals surface area (Å²) < 4.78 is 63.0. The number of hydrogen-bond acceptors (Lipinski definition) is 6. The number of alkyl halides is 3. The summed E-state index contributed by atoms with van der Waals surface area (Å²) in [6, 6.07) is 5.48. The maximum Gasteiger partial charge on any atom is 0.421 e. The van der Waals surface area contributed by atoms with Crippen LogP contribution in [-0.4, -0.2) is 33.0 Å². The second-order valence-corrected chi connectivity index (χ2v) is 11.6. The number of rotatable bonds is 9. The summed E-state index contributed by atoms with van der Waals surface area (Å²) in [7, 11) is 0. The summed E-state index contributed by atoms with van der Waals surface area (Å²) in [4.78, 5) is 35.2. The molecule has 1 saturated carbocycles. The number of aromatic nitrogens is 2. The van der Waals surface area contributed by atoms with Crippen LogP contribution in [0.3, 0.4) is 0 Å². The van der Waals surface area contributed by atoms with Gasteiger partial charge in [0.05, 0.1) is 22.6 Å². The maximum atomic E-state index is 15.5. The van der Waals surface area contributed by atoms with Crippen LogP contribution in [0, 0.1) is 31.5 Å². The summed E-state index contributed by atoms with van der Waals surface area (Å²) in [5.41, 5.74) is 0.352. The van der Waals surface area contributed by atoms with E-state index in [1.54, 1.807) is 32.9 Å². The number of pyridine rings is 2. The van der Waals surface area contributed by atoms with Crippen molar-refractivity contribution in [2.45, 2.75) is 79.1 Å². The Morgan fingerprint density at radius 3 is 2.39 bits per heavy atom. The zero-order valence-electron chi connectivity index (χ0n) is 25.3. The molecule has 3 aromatic rings. The molecular weight excluding hydrogens is 580 g/mol. The highest BCUT2D eigenvalue weighted by molar-refractivity contribution is 6.03. The molecule has 0 unspecified atom stereocenters. The van der Waals surface area contributed by atoms with Gasteiger partial charge in [0.2, 0.25) is 11.8 Å². The molecule has 1 aromatic carbocycles. The van der Waals surface area contributed by atoms with Gasteiger partial charge in [0.1, 0.15) is 5.56 Å². The van der Waals surface area contributed by atoms with E-state index >= 15 is 4.39 Å². The van der Waals surface area contributed by atoms with Crippen LogP contribution in [0.1, 0.15) is 79.3 Å². The summed E-state index contributed by atoms with van der Waals surface area (Å²) in [5.74, 6) is -4.51. The average molecular weight is 617 g/mol. The van der Waals surface area contributed by atoms with E-state index in [0.717, 1.165) is 42.9 Å². The van der Waals surface area contributed by atoms with E-state index in [1.165, 1.54) is 4.90 Å². The van der Waals surface area contributed by atoms with Gasteiger partial charge < -0.3 is 20.1 Å². The van der Waals surface area contributed by atoms with Gasteiger partial charge in [0.25, 0.3) is 0 Å². The summed E-state index contributed by atoms with van der Waals surface area (Å²) in [6.45, 7) is 9.05. The third-order valence-corrected chi connectivity index (χ3v) is 7.79. The van der Waals surface area contributed by atoms with Gasteiger partial charge in [0, 0.05) is 42.5 Å². The first kappa shape index (κ1) is 32.7. The molecule has 8 nitrogen and oxygen atoms in total. The van der Waals surface area contributed by atoms with Gasteiger partial charge in [-0.1, -0.05) is 6.92 Å². The molecule has 44 heavy (non-hydrogen) atoms. The molecular formula is C32H36F4N4O4. The van der Waals surface area contributed by atoms with Crippen molar-refractivity contribution >= 4 is 23.3 Å². The van der Waals surface area contributed by atoms with E-state index in [1.807, 2.05) is 6.92 Å². The normalized spacial score (nSPS) is 17.0. The Morgan fingerprint density at radius 1 is 1.11 bits per heavy atom. The smallest absolute Gasteiger partial charge is 0.421 e. The number of carbonyl (C=O) groups is 2. The van der Waals surface area contributed by atoms with Gasteiger partial charge in [-0.15, -0.1) is 0 Å². The second kappa shape index (κ2) is 13.2. The van der Waals surface area contributed by atoms with Crippen LogP contribution in [0.25, 0.3) is 0 Å². The largest absolute Gasteiger partial charge is 0.478 e. The molecule has 2 aromatic heterocycles. The van der Waals surface area contributed by atoms with E-state index in [0.29, 0.717) is 30.1 Å². The Morgan fingerprint density at radius 2 is 1.80 bits per heavy atom. The molecule has 1 amide bonds. The zero-order chi connectivity index (χ0) is 32.3. The number of aryl methyl sites for hydroxylation is 2. The van der Waals surface area contributed by atoms with Crippen LogP contribution in [0.15, 0.2) is 36.5 Å². The lowest BCUT2D eigenvalue weighted by Crippen LogP contribution is -2.43. The number of amides is 1. The van der Waals surface area contributed by atoms with Crippen LogP contribution < -0.4 is 15.0 Å². The average Bonchev–Trinajstić information content (AvgIpc) is 2.94. The minimum atomic E-state index is -4.91. The number of aromatic carboxylic acids is 1. The zero-order valence-corrected chi connectivity index (χ0v) is 25.3. The van der Waals surface area contributed by atoms with Gasteiger partial charge in [0.15, 0.2) is 11.6 Å². The number of anilines is 2. The first-order chi connectivity index (χ1) is 20.6. The second-order valence-electron chi connectivity index (χ2n) is 11.6. The van der Waals surface area contributed by atoms with Crippen molar-refractivity contribution in [1.82, 2.24) is 9.97 Å². The Balaban J connectivity index is 1.65. The number of carboxylic acid groups (broad SMARTS) is 1. The summed E-state index contributed by atoms with van der Waals surface area (Å²) in [6.07, 6.45) is -0.793. The van der Waals surface area contributed by atoms with Crippen LogP contribution in [0.5, 0.6) is 11.6 Å². The topological polar surface area (TPSA) is 105 Å². The predicted octanol–water partition coefficient (Wildman–Crippen LogP) is 7.92. The highest BCUT2D eigenvalue weighted by Gasteiger charge is 2.37. The molecule has 1 aliphatic carbocycles. The minimum absolute atomic E-state index is 0.00681. The lowest BCUT2D eigenvalue weighted by atomic mass is 9.82. The quantitative estimate of drug-likeness (QED) is 0.235. The first-order valence-electron chi connectivity index (χ1n) is 14.5. The highest BCUT2D eigenvalue weighted by Crippen LogP contribution is 2.40. The van der Waals surface area contributed by atoms with Crippen LogP contribution in [-0.2, 0) is 17.5 Å². The van der Waals surface area contributed by atoms with E-state index in [4.69, 9.17) is 4.74 Å². The van der Waals surface area contributed by atoms with Crippen molar-refractivity contribution in [1.29, 1.82) is 0 Å². The Hall–Kier alpha value is -4.22. The standard InChI is InChI=1S/C32H36F4N4O4/c1-17(2)40(30(41)22-9-6-18(3)7-10-22)27-14-25(33)28(13-23(27)31(42)43)44-29-24(32(34,35)36)12-21(16-38-29)15-37-26-11-8-19(4)39-20(26)5/h8,11-14,16-18,22,37H,6-7,9-10,15H2,1-5H3,(H,42,43). The molecule has 2 heterocycles. The van der Waals surface area contributed by atoms with Crippen molar-refractivity contribution < 1.29 is 37.0 Å². The van der Waals surface area contributed by atoms with Crippen LogP contribution in [0.2, 0.25) is 0 Å². The van der Waals surface area contributed by atoms with Gasteiger partial charge in [-0.3, -0.25) is 9.78 Å². The fourth-order valence-electron chi connectivity index (χ4n) is 5.40. The van der Waals surface area contributed by atoms with Crippen molar-refractivity contribution in [3.05, 3.63) is 70.4 Å². The fourth-order valence-corrected chi connectivity index (χ4v) is 5.40. The predicted molar refractivity (Wildman–Crippen MR) is 157 cm³/mol. The molecule has 0 bridgehead atoms. The van der Waals surface area contributed by atoms with Gasteiger partial charge >= 0.3 is 12.1 Å². The summed E-state index contributed by atoms with van der Waals surface area (Å²) in [5, 5.41) is 13.0. The van der Waals surface area contributed by atoms with Crippen molar-refractivity contribution in [2.24, 2.45) is 11.8 Å². The Bertz CT molecular complexity index is 1540. The third-order valence-electron chi connectivity index (χ3n) is 7.79. The fraction of sp³-hybridized carbons (Fsp3) is 0.438. The molecule has 0 saturated heterocycles. The number of ether oxygens (including phenoxy) is 1. The monoisotopic (exact) mass is 616 g/mol. The maximum absolute atomic E-state index is 15.5. The lowest BCUT2D eigenvalue weighted by Gasteiger charge is -2.34. The third kappa shape index (κ3) is 7.46. The highest BCUT2D eigenvalue weighted by atomic mass is 19.4. The lowest BCUT2D eigenvalue weighted by molar-refractivity contribution is -0.139. The number of halogens is 4. The molecule has 236 valence electrons. The molecule has 0 radical (unpaired) electrons. The van der Waals surface area contributed by atoms with E-state index < -0.39 is 46.8 Å². The molecule has 1 fully saturated rings.